The highest BCUT2D eigenvalue weighted by Gasteiger charge is 2.05. The highest BCUT2D eigenvalue weighted by molar-refractivity contribution is 4.55. The number of hydrogen-bond acceptors (Lipinski definition) is 4. The maximum absolute atomic E-state index is 3.92. The quantitative estimate of drug-likeness (QED) is 0.624. The van der Waals surface area contributed by atoms with Crippen molar-refractivity contribution in [1.82, 2.24) is 10.5 Å². The van der Waals surface area contributed by atoms with Gasteiger partial charge >= 0.3 is 0 Å². The molecule has 0 atom stereocenters. The third kappa shape index (κ3) is 2.31. The fourth-order valence-electron chi connectivity index (χ4n) is 0.845. The van der Waals surface area contributed by atoms with Crippen LogP contribution in [-0.4, -0.2) is 24.2 Å². The van der Waals surface area contributed by atoms with Crippen LogP contribution in [0.4, 0.5) is 0 Å². The van der Waals surface area contributed by atoms with Crippen LogP contribution in [0.3, 0.4) is 0 Å². The maximum atomic E-state index is 3.92. The van der Waals surface area contributed by atoms with Crippen molar-refractivity contribution < 1.29 is 0 Å². The molecule has 0 bridgehead atoms. The third-order valence-corrected chi connectivity index (χ3v) is 1.21. The van der Waals surface area contributed by atoms with E-state index in [1.807, 2.05) is 0 Å². The lowest BCUT2D eigenvalue weighted by Crippen LogP contribution is -2.40. The fourth-order valence-corrected chi connectivity index (χ4v) is 0.845. The van der Waals surface area contributed by atoms with Crippen LogP contribution in [0.25, 0.3) is 0 Å². The van der Waals surface area contributed by atoms with E-state index in [9.17, 15) is 0 Å². The molecule has 1 heterocycles. The van der Waals surface area contributed by atoms with Crippen LogP contribution >= 0.6 is 0 Å². The molecular weight excluding hydrogens is 128 g/mol. The second-order valence-electron chi connectivity index (χ2n) is 2.71. The standard InChI is InChI=1S/C6H14N4/c1-6(2)8-10-5-3-4-7-9-10/h6,8H,3-5H2,1-2H3. The smallest absolute Gasteiger partial charge is 0.0639 e. The molecule has 1 aliphatic rings. The lowest BCUT2D eigenvalue weighted by atomic mass is 10.4. The van der Waals surface area contributed by atoms with E-state index in [2.05, 4.69) is 29.6 Å². The van der Waals surface area contributed by atoms with Crippen molar-refractivity contribution in [2.75, 3.05) is 13.1 Å². The van der Waals surface area contributed by atoms with Gasteiger partial charge in [-0.05, 0) is 20.3 Å². The van der Waals surface area contributed by atoms with E-state index in [0.29, 0.717) is 6.04 Å². The molecule has 0 radical (unpaired) electrons. The Bertz CT molecular complexity index is 121. The summed E-state index contributed by atoms with van der Waals surface area (Å²) in [6.45, 7) is 6.02. The lowest BCUT2D eigenvalue weighted by molar-refractivity contribution is 0.142. The largest absolute Gasteiger partial charge is 0.214 e. The number of rotatable bonds is 2. The van der Waals surface area contributed by atoms with Gasteiger partial charge in [0.15, 0.2) is 0 Å². The molecule has 0 fully saturated rings. The molecule has 0 saturated heterocycles. The van der Waals surface area contributed by atoms with Crippen LogP contribution in [0.2, 0.25) is 0 Å². The summed E-state index contributed by atoms with van der Waals surface area (Å²) in [5.41, 5.74) is 3.15. The minimum Gasteiger partial charge on any atom is -0.214 e. The molecule has 0 saturated carbocycles. The molecule has 0 amide bonds. The molecule has 10 heavy (non-hydrogen) atoms. The number of nitrogens with zero attached hydrogens (tertiary/aromatic N) is 3. The average Bonchev–Trinajstić information content (AvgIpc) is 1.88. The predicted octanol–water partition coefficient (Wildman–Crippen LogP) is 0.972. The van der Waals surface area contributed by atoms with Crippen LogP contribution in [0.1, 0.15) is 20.3 Å². The van der Waals surface area contributed by atoms with Gasteiger partial charge in [0.2, 0.25) is 0 Å². The zero-order chi connectivity index (χ0) is 7.40. The first kappa shape index (κ1) is 7.47. The molecule has 0 aliphatic carbocycles. The van der Waals surface area contributed by atoms with Crippen LogP contribution < -0.4 is 5.43 Å². The highest BCUT2D eigenvalue weighted by Crippen LogP contribution is 1.98. The Kier molecular flexibility index (Phi) is 2.62. The summed E-state index contributed by atoms with van der Waals surface area (Å²) in [4.78, 5) is 0. The summed E-state index contributed by atoms with van der Waals surface area (Å²) in [7, 11) is 0. The van der Waals surface area contributed by atoms with Crippen molar-refractivity contribution in [2.45, 2.75) is 26.3 Å². The summed E-state index contributed by atoms with van der Waals surface area (Å²) in [5.74, 6) is 0. The molecule has 1 aliphatic heterocycles. The first-order chi connectivity index (χ1) is 4.79. The van der Waals surface area contributed by atoms with E-state index in [0.717, 1.165) is 19.5 Å². The van der Waals surface area contributed by atoms with Gasteiger partial charge < -0.3 is 0 Å². The molecule has 4 nitrogen and oxygen atoms in total. The van der Waals surface area contributed by atoms with E-state index < -0.39 is 0 Å². The number of hydrazine groups is 1. The van der Waals surface area contributed by atoms with Gasteiger partial charge in [-0.1, -0.05) is 5.22 Å². The molecule has 1 N–H and O–H groups in total. The predicted molar refractivity (Wildman–Crippen MR) is 39.3 cm³/mol. The molecule has 0 aromatic heterocycles. The summed E-state index contributed by atoms with van der Waals surface area (Å²) in [6.07, 6.45) is 1.10. The minimum absolute atomic E-state index is 0.442. The highest BCUT2D eigenvalue weighted by atomic mass is 15.7. The minimum atomic E-state index is 0.442. The second kappa shape index (κ2) is 3.51. The summed E-state index contributed by atoms with van der Waals surface area (Å²) >= 11 is 0. The summed E-state index contributed by atoms with van der Waals surface area (Å²) in [5, 5.41) is 9.62. The average molecular weight is 142 g/mol. The van der Waals surface area contributed by atoms with Crippen molar-refractivity contribution in [2.24, 2.45) is 10.3 Å². The maximum Gasteiger partial charge on any atom is 0.0639 e. The van der Waals surface area contributed by atoms with Crippen LogP contribution in [-0.2, 0) is 0 Å². The lowest BCUT2D eigenvalue weighted by Gasteiger charge is -2.22. The Morgan fingerprint density at radius 2 is 2.30 bits per heavy atom. The van der Waals surface area contributed by atoms with Crippen molar-refractivity contribution in [3.05, 3.63) is 0 Å². The van der Waals surface area contributed by atoms with Gasteiger partial charge in [0.05, 0.1) is 13.1 Å². The first-order valence-electron chi connectivity index (χ1n) is 3.70. The zero-order valence-corrected chi connectivity index (χ0v) is 6.54. The number of hydrogen-bond donors (Lipinski definition) is 1. The van der Waals surface area contributed by atoms with Crippen molar-refractivity contribution in [3.8, 4) is 0 Å². The Labute approximate surface area is 61.3 Å². The zero-order valence-electron chi connectivity index (χ0n) is 6.54. The first-order valence-corrected chi connectivity index (χ1v) is 3.70. The molecule has 0 unspecified atom stereocenters. The number of nitrogens with one attached hydrogen (secondary N) is 1. The van der Waals surface area contributed by atoms with Gasteiger partial charge in [-0.25, -0.2) is 10.5 Å². The van der Waals surface area contributed by atoms with E-state index in [4.69, 9.17) is 0 Å². The molecular formula is C6H14N4. The fraction of sp³-hybridized carbons (Fsp3) is 1.00. The third-order valence-electron chi connectivity index (χ3n) is 1.21. The monoisotopic (exact) mass is 142 g/mol. The molecule has 0 aromatic rings. The molecule has 4 heteroatoms. The molecule has 1 rings (SSSR count). The van der Waals surface area contributed by atoms with E-state index in [-0.39, 0.29) is 0 Å². The van der Waals surface area contributed by atoms with Gasteiger partial charge in [0, 0.05) is 6.04 Å². The van der Waals surface area contributed by atoms with Crippen molar-refractivity contribution in [1.29, 1.82) is 0 Å². The van der Waals surface area contributed by atoms with Crippen molar-refractivity contribution in [3.63, 3.8) is 0 Å². The van der Waals surface area contributed by atoms with E-state index >= 15 is 0 Å². The SMILES string of the molecule is CC(C)NN1CCCN=N1. The topological polar surface area (TPSA) is 40.0 Å². The molecule has 58 valence electrons. The molecule has 0 aromatic carbocycles. The summed E-state index contributed by atoms with van der Waals surface area (Å²) in [6, 6.07) is 0.442. The van der Waals surface area contributed by atoms with Crippen molar-refractivity contribution >= 4 is 0 Å². The normalized spacial score (nSPS) is 18.5. The second-order valence-corrected chi connectivity index (χ2v) is 2.71. The summed E-state index contributed by atoms with van der Waals surface area (Å²) < 4.78 is 0. The Hall–Kier alpha value is -0.640. The van der Waals surface area contributed by atoms with E-state index in [1.165, 1.54) is 0 Å². The Morgan fingerprint density at radius 1 is 1.50 bits per heavy atom. The van der Waals surface area contributed by atoms with Gasteiger partial charge in [0.1, 0.15) is 0 Å². The Morgan fingerprint density at radius 3 is 2.80 bits per heavy atom. The van der Waals surface area contributed by atoms with Gasteiger partial charge in [-0.15, -0.1) is 0 Å². The van der Waals surface area contributed by atoms with Crippen LogP contribution in [0.5, 0.6) is 0 Å². The molecule has 0 spiro atoms. The van der Waals surface area contributed by atoms with Gasteiger partial charge in [-0.3, -0.25) is 0 Å². The van der Waals surface area contributed by atoms with E-state index in [1.54, 1.807) is 5.12 Å². The van der Waals surface area contributed by atoms with Gasteiger partial charge in [-0.2, -0.15) is 5.11 Å². The Balaban J connectivity index is 2.26. The van der Waals surface area contributed by atoms with Gasteiger partial charge in [0.25, 0.3) is 0 Å². The van der Waals surface area contributed by atoms with Crippen LogP contribution in [0, 0.1) is 0 Å². The van der Waals surface area contributed by atoms with Crippen LogP contribution in [0.15, 0.2) is 10.3 Å².